The largest absolute Gasteiger partial charge is 0.367 e. The highest BCUT2D eigenvalue weighted by molar-refractivity contribution is 7.32. The van der Waals surface area contributed by atoms with Crippen LogP contribution in [0.4, 0.5) is 11.8 Å². The number of nitrogens with one attached hydrogen (secondary N) is 5. The molecule has 1 aliphatic carbocycles. The number of carbonyl (C=O) groups is 2. The number of aryl methyl sites for hydroxylation is 1. The van der Waals surface area contributed by atoms with Gasteiger partial charge in [-0.05, 0) is 76.7 Å². The van der Waals surface area contributed by atoms with Crippen molar-refractivity contribution in [2.75, 3.05) is 56.5 Å². The van der Waals surface area contributed by atoms with Crippen molar-refractivity contribution in [3.63, 3.8) is 0 Å². The van der Waals surface area contributed by atoms with E-state index < -0.39 is 20.2 Å². The number of aromatic nitrogens is 5. The van der Waals surface area contributed by atoms with Gasteiger partial charge in [0.2, 0.25) is 17.8 Å². The number of benzene rings is 1. The molecule has 18 heteroatoms. The summed E-state index contributed by atoms with van der Waals surface area (Å²) in [7, 11) is -3.04. The molecule has 53 heavy (non-hydrogen) atoms. The number of para-hydroxylation sites is 1. The number of nitrogens with two attached hydrogens (primary N) is 1. The molecule has 1 aliphatic heterocycles. The first-order valence-corrected chi connectivity index (χ1v) is 20.4. The molecule has 2 atom stereocenters. The van der Waals surface area contributed by atoms with E-state index in [1.54, 1.807) is 0 Å². The molecule has 292 valence electrons. The van der Waals surface area contributed by atoms with E-state index in [1.165, 1.54) is 32.1 Å². The molecule has 1 aromatic carbocycles. The normalized spacial score (nSPS) is 16.8. The van der Waals surface area contributed by atoms with Crippen LogP contribution in [-0.4, -0.2) is 111 Å². The first-order chi connectivity index (χ1) is 25.8. The number of amides is 2. The van der Waals surface area contributed by atoms with E-state index in [0.717, 1.165) is 80.3 Å². The molecule has 5 rings (SSSR count). The van der Waals surface area contributed by atoms with Crippen LogP contribution in [-0.2, 0) is 31.8 Å². The second-order valence-corrected chi connectivity index (χ2v) is 14.7. The van der Waals surface area contributed by atoms with E-state index in [4.69, 9.17) is 20.6 Å². The summed E-state index contributed by atoms with van der Waals surface area (Å²) in [5.41, 5.74) is 7.57. The lowest BCUT2D eigenvalue weighted by Crippen LogP contribution is -2.44. The van der Waals surface area contributed by atoms with Crippen LogP contribution in [0.2, 0.25) is 0 Å². The molecule has 0 spiro atoms. The summed E-state index contributed by atoms with van der Waals surface area (Å²) >= 11 is 0. The Kier molecular flexibility index (Phi) is 16.7. The third-order valence-corrected chi connectivity index (χ3v) is 10.2. The van der Waals surface area contributed by atoms with Crippen LogP contribution in [0.25, 0.3) is 10.9 Å². The molecule has 2 fully saturated rings. The highest BCUT2D eigenvalue weighted by Crippen LogP contribution is 2.25. The van der Waals surface area contributed by atoms with Gasteiger partial charge in [-0.25, -0.2) is 4.98 Å². The number of rotatable bonds is 22. The molecule has 8 N–H and O–H groups in total. The highest BCUT2D eigenvalue weighted by Gasteiger charge is 2.25. The Hall–Kier alpha value is -3.73. The molecule has 1 unspecified atom stereocenters. The fourth-order valence-corrected chi connectivity index (χ4v) is 7.04. The molecule has 0 radical (unpaired) electrons. The van der Waals surface area contributed by atoms with Gasteiger partial charge >= 0.3 is 8.25 Å². The fraction of sp³-hybridized carbons (Fsp3) is 0.657. The van der Waals surface area contributed by atoms with Crippen LogP contribution in [0.1, 0.15) is 76.3 Å². The van der Waals surface area contributed by atoms with Crippen molar-refractivity contribution in [3.05, 3.63) is 36.2 Å². The zero-order valence-corrected chi connectivity index (χ0v) is 31.6. The first kappa shape index (κ1) is 40.5. The van der Waals surface area contributed by atoms with Crippen molar-refractivity contribution < 1.29 is 23.6 Å². The van der Waals surface area contributed by atoms with Gasteiger partial charge in [-0.2, -0.15) is 4.98 Å². The predicted octanol–water partition coefficient (Wildman–Crippen LogP) is 2.15. The zero-order valence-electron chi connectivity index (χ0n) is 30.6. The maximum absolute atomic E-state index is 12.9. The van der Waals surface area contributed by atoms with Crippen LogP contribution >= 0.6 is 8.25 Å². The molecule has 3 aromatic rings. The highest BCUT2D eigenvalue weighted by atomic mass is 31.1. The van der Waals surface area contributed by atoms with Crippen LogP contribution < -0.4 is 32.3 Å². The van der Waals surface area contributed by atoms with Crippen LogP contribution in [0.15, 0.2) is 30.5 Å². The van der Waals surface area contributed by atoms with Crippen LogP contribution in [0, 0.1) is 0 Å². The molecule has 2 aliphatic rings. The minimum Gasteiger partial charge on any atom is -0.367 e. The zero-order chi connectivity index (χ0) is 37.3. The van der Waals surface area contributed by atoms with Gasteiger partial charge < -0.3 is 46.6 Å². The number of fused-ring (bicyclic) bond motifs is 1. The van der Waals surface area contributed by atoms with Crippen molar-refractivity contribution in [2.24, 2.45) is 5.73 Å². The second kappa shape index (κ2) is 21.8. The number of hydrogen-bond donors (Lipinski definition) is 7. The van der Waals surface area contributed by atoms with Crippen LogP contribution in [0.5, 0.6) is 0 Å². The Morgan fingerprint density at radius 2 is 1.79 bits per heavy atom. The van der Waals surface area contributed by atoms with Gasteiger partial charge in [0.25, 0.3) is 0 Å². The van der Waals surface area contributed by atoms with Gasteiger partial charge in [-0.15, -0.1) is 5.10 Å². The molecule has 2 amide bonds. The molecule has 1 saturated heterocycles. The Labute approximate surface area is 311 Å². The Morgan fingerprint density at radius 1 is 1.00 bits per heavy atom. The van der Waals surface area contributed by atoms with Crippen molar-refractivity contribution in [3.8, 4) is 0 Å². The van der Waals surface area contributed by atoms with Gasteiger partial charge in [0.15, 0.2) is 0 Å². The number of piperidine rings is 1. The summed E-state index contributed by atoms with van der Waals surface area (Å²) in [4.78, 5) is 45.1. The van der Waals surface area contributed by atoms with Crippen LogP contribution in [0.3, 0.4) is 0 Å². The van der Waals surface area contributed by atoms with Crippen molar-refractivity contribution in [1.29, 1.82) is 0 Å². The third-order valence-electron chi connectivity index (χ3n) is 9.75. The molecule has 0 bridgehead atoms. The number of nitrogens with zero attached hydrogens (tertiary/aromatic N) is 6. The molecule has 1 saturated carbocycles. The Bertz CT molecular complexity index is 1600. The standard InChI is InChI=1S/C35H57N12O5P/c36-30(34(49)39-19-23-52-53(50)51)12-13-32(48)46-21-14-27(15-22-46)41-33-29-10-4-5-11-31(29)42-35(43-33)40-24-28-25-47(45-44-28)20-7-17-37-16-6-18-38-26-8-2-1-3-9-26/h4-5,10-11,25-27,30,37-38,53H,1-3,6-9,12-24,36H2,(H,39,49)(H,50,51)(H2,40,41,42,43)/t30-/m0/s1. The summed E-state index contributed by atoms with van der Waals surface area (Å²) < 4.78 is 17.0. The third kappa shape index (κ3) is 13.9. The van der Waals surface area contributed by atoms with E-state index in [2.05, 4.69) is 41.4 Å². The molecule has 17 nitrogen and oxygen atoms in total. The first-order valence-electron chi connectivity index (χ1n) is 19.1. The average Bonchev–Trinajstić information content (AvgIpc) is 3.63. The van der Waals surface area contributed by atoms with Crippen molar-refractivity contribution >= 4 is 42.7 Å². The second-order valence-electron chi connectivity index (χ2n) is 13.8. The monoisotopic (exact) mass is 756 g/mol. The summed E-state index contributed by atoms with van der Waals surface area (Å²) in [5, 5.41) is 26.3. The summed E-state index contributed by atoms with van der Waals surface area (Å²) in [5.74, 6) is 0.751. The lowest BCUT2D eigenvalue weighted by Gasteiger charge is -2.33. The lowest BCUT2D eigenvalue weighted by atomic mass is 9.95. The molecular weight excluding hydrogens is 699 g/mol. The van der Waals surface area contributed by atoms with E-state index in [9.17, 15) is 14.2 Å². The van der Waals surface area contributed by atoms with E-state index in [1.807, 2.05) is 40.0 Å². The lowest BCUT2D eigenvalue weighted by molar-refractivity contribution is -0.132. The summed E-state index contributed by atoms with van der Waals surface area (Å²) in [6.07, 6.45) is 12.7. The smallest absolute Gasteiger partial charge is 0.316 e. The number of hydrogen-bond acceptors (Lipinski definition) is 13. The minimum atomic E-state index is -3.04. The summed E-state index contributed by atoms with van der Waals surface area (Å²) in [6, 6.07) is 7.85. The minimum absolute atomic E-state index is 0.0468. The number of anilines is 2. The van der Waals surface area contributed by atoms with Crippen molar-refractivity contribution in [1.82, 2.24) is 45.8 Å². The van der Waals surface area contributed by atoms with E-state index in [0.29, 0.717) is 25.6 Å². The molecular formula is C35H57N12O5P. The van der Waals surface area contributed by atoms with Gasteiger partial charge in [-0.3, -0.25) is 18.8 Å². The summed E-state index contributed by atoms with van der Waals surface area (Å²) in [6.45, 7) is 5.42. The average molecular weight is 757 g/mol. The van der Waals surface area contributed by atoms with Gasteiger partial charge in [-0.1, -0.05) is 36.6 Å². The maximum atomic E-state index is 12.9. The topological polar surface area (TPSA) is 227 Å². The SMILES string of the molecule is N[C@@H](CCC(=O)N1CCC(Nc2nc(NCc3cn(CCCNCCCNC4CCCCC4)nn3)nc3ccccc23)CC1)C(=O)NCCO[PH](=O)O. The number of likely N-dealkylation sites (tertiary alicyclic amines) is 1. The predicted molar refractivity (Wildman–Crippen MR) is 204 cm³/mol. The fourth-order valence-electron chi connectivity index (χ4n) is 6.76. The number of carbonyl (C=O) groups excluding carboxylic acids is 2. The van der Waals surface area contributed by atoms with Gasteiger partial charge in [0, 0.05) is 50.1 Å². The Morgan fingerprint density at radius 3 is 2.60 bits per heavy atom. The van der Waals surface area contributed by atoms with E-state index >= 15 is 0 Å². The molecule has 2 aromatic heterocycles. The molecule has 3 heterocycles. The Balaban J connectivity index is 1.01. The van der Waals surface area contributed by atoms with Gasteiger partial charge in [0.1, 0.15) is 11.5 Å². The quantitative estimate of drug-likeness (QED) is 0.0576. The van der Waals surface area contributed by atoms with Gasteiger partial charge in [0.05, 0.1) is 30.9 Å². The van der Waals surface area contributed by atoms with Crippen molar-refractivity contribution in [2.45, 2.75) is 102 Å². The maximum Gasteiger partial charge on any atom is 0.316 e. The van der Waals surface area contributed by atoms with E-state index in [-0.39, 0.29) is 37.9 Å².